The zero-order chi connectivity index (χ0) is 29.0. The number of nitrogens with zero attached hydrogens (tertiary/aromatic N) is 3. The van der Waals surface area contributed by atoms with Crippen molar-refractivity contribution in [2.24, 2.45) is 0 Å². The summed E-state index contributed by atoms with van der Waals surface area (Å²) >= 11 is 1.43. The molecule has 1 saturated heterocycles. The number of thiazole rings is 1. The number of ether oxygens (including phenoxy) is 1. The number of hydrogen-bond acceptors (Lipinski definition) is 6. The van der Waals surface area contributed by atoms with Crippen molar-refractivity contribution in [2.45, 2.75) is 57.6 Å². The number of carbonyl (C=O) groups excluding carboxylic acids is 3. The number of fused-ring (bicyclic) bond motifs is 1. The second kappa shape index (κ2) is 12.0. The predicted octanol–water partition coefficient (Wildman–Crippen LogP) is 5.24. The smallest absolute Gasteiger partial charge is 0.307 e. The number of amides is 2. The van der Waals surface area contributed by atoms with Gasteiger partial charge in [0.05, 0.1) is 23.4 Å². The maximum absolute atomic E-state index is 13.8. The quantitative estimate of drug-likeness (QED) is 0.254. The average molecular weight is 569 g/mol. The third-order valence-electron chi connectivity index (χ3n) is 6.64. The van der Waals surface area contributed by atoms with E-state index in [1.807, 2.05) is 71.3 Å². The van der Waals surface area contributed by atoms with E-state index in [0.29, 0.717) is 30.2 Å². The maximum atomic E-state index is 13.8. The van der Waals surface area contributed by atoms with E-state index in [0.717, 1.165) is 16.0 Å². The van der Waals surface area contributed by atoms with Gasteiger partial charge in [-0.05, 0) is 57.2 Å². The first kappa shape index (κ1) is 28.1. The molecular weight excluding hydrogens is 536 g/mol. The molecule has 3 heterocycles. The standard InChI is InChI=1S/C32H32N4O4S/c1-32(2,3)40-28(37)19-25(23-13-8-5-9-14-23)30(39)36-18-10-15-26(36)29(38)33-27-21-35-20-24(41-31(35)34-27)17-16-22-11-6-4-7-12-22/h4-9,11-14,20-21,25-26H,10,15,18-19H2,1-3H3,(H,33,38)/t25-,26?/m1/s1. The number of likely N-dealkylation sites (tertiary alicyclic amines) is 1. The number of anilines is 1. The number of imidazole rings is 1. The summed E-state index contributed by atoms with van der Waals surface area (Å²) in [5.74, 6) is 4.95. The molecule has 2 aromatic carbocycles. The lowest BCUT2D eigenvalue weighted by Crippen LogP contribution is -2.45. The molecule has 0 saturated carbocycles. The van der Waals surface area contributed by atoms with Crippen LogP contribution in [0.3, 0.4) is 0 Å². The van der Waals surface area contributed by atoms with Gasteiger partial charge in [0.25, 0.3) is 0 Å². The van der Waals surface area contributed by atoms with Crippen LogP contribution < -0.4 is 5.32 Å². The highest BCUT2D eigenvalue weighted by atomic mass is 32.1. The second-order valence-corrected chi connectivity index (χ2v) is 12.0. The molecule has 0 radical (unpaired) electrons. The average Bonchev–Trinajstić information content (AvgIpc) is 3.66. The van der Waals surface area contributed by atoms with Crippen molar-refractivity contribution in [2.75, 3.05) is 11.9 Å². The van der Waals surface area contributed by atoms with Crippen LogP contribution in [0.15, 0.2) is 73.1 Å². The summed E-state index contributed by atoms with van der Waals surface area (Å²) in [6, 6.07) is 18.3. The molecule has 9 heteroatoms. The molecule has 1 aliphatic heterocycles. The Kier molecular flexibility index (Phi) is 8.22. The fourth-order valence-corrected chi connectivity index (χ4v) is 5.68. The van der Waals surface area contributed by atoms with Gasteiger partial charge in [-0.2, -0.15) is 0 Å². The topological polar surface area (TPSA) is 93.0 Å². The van der Waals surface area contributed by atoms with Crippen LogP contribution in [0.25, 0.3) is 4.96 Å². The Bertz CT molecular complexity index is 1580. The van der Waals surface area contributed by atoms with Crippen LogP contribution >= 0.6 is 11.3 Å². The number of hydrogen-bond donors (Lipinski definition) is 1. The minimum atomic E-state index is -0.743. The first-order valence-electron chi connectivity index (χ1n) is 13.6. The molecule has 2 amide bonds. The van der Waals surface area contributed by atoms with Gasteiger partial charge in [0, 0.05) is 18.3 Å². The van der Waals surface area contributed by atoms with E-state index >= 15 is 0 Å². The van der Waals surface area contributed by atoms with Crippen LogP contribution in [0.1, 0.15) is 62.0 Å². The second-order valence-electron chi connectivity index (χ2n) is 11.0. The first-order chi connectivity index (χ1) is 19.7. The summed E-state index contributed by atoms with van der Waals surface area (Å²) < 4.78 is 7.35. The van der Waals surface area contributed by atoms with E-state index < -0.39 is 23.5 Å². The van der Waals surface area contributed by atoms with Gasteiger partial charge < -0.3 is 15.0 Å². The molecule has 5 rings (SSSR count). The van der Waals surface area contributed by atoms with E-state index in [4.69, 9.17) is 4.74 Å². The van der Waals surface area contributed by atoms with Crippen molar-refractivity contribution < 1.29 is 19.1 Å². The van der Waals surface area contributed by atoms with Gasteiger partial charge in [0.2, 0.25) is 11.8 Å². The molecule has 4 aromatic rings. The van der Waals surface area contributed by atoms with Crippen LogP contribution in [-0.4, -0.2) is 50.3 Å². The Balaban J connectivity index is 1.28. The van der Waals surface area contributed by atoms with Gasteiger partial charge in [-0.25, -0.2) is 4.98 Å². The highest BCUT2D eigenvalue weighted by Crippen LogP contribution is 2.29. The first-order valence-corrected chi connectivity index (χ1v) is 14.4. The molecule has 8 nitrogen and oxygen atoms in total. The molecule has 2 aromatic heterocycles. The Labute approximate surface area is 243 Å². The number of benzene rings is 2. The van der Waals surface area contributed by atoms with Crippen LogP contribution in [0, 0.1) is 11.8 Å². The van der Waals surface area contributed by atoms with Crippen molar-refractivity contribution in [3.8, 4) is 11.8 Å². The van der Waals surface area contributed by atoms with Gasteiger partial charge in [-0.15, -0.1) is 0 Å². The zero-order valence-electron chi connectivity index (χ0n) is 23.3. The fraction of sp³-hybridized carbons (Fsp3) is 0.312. The third-order valence-corrected chi connectivity index (χ3v) is 7.55. The van der Waals surface area contributed by atoms with Gasteiger partial charge in [-0.3, -0.25) is 18.8 Å². The lowest BCUT2D eigenvalue weighted by Gasteiger charge is -2.29. The monoisotopic (exact) mass is 568 g/mol. The number of rotatable bonds is 6. The van der Waals surface area contributed by atoms with Crippen LogP contribution in [0.5, 0.6) is 0 Å². The Morgan fingerprint density at radius 3 is 2.44 bits per heavy atom. The van der Waals surface area contributed by atoms with Crippen LogP contribution in [0.2, 0.25) is 0 Å². The van der Waals surface area contributed by atoms with Crippen molar-refractivity contribution in [3.63, 3.8) is 0 Å². The van der Waals surface area contributed by atoms with Crippen molar-refractivity contribution in [1.29, 1.82) is 0 Å². The minimum absolute atomic E-state index is 0.0994. The Hall–Kier alpha value is -4.42. The lowest BCUT2D eigenvalue weighted by atomic mass is 9.93. The third kappa shape index (κ3) is 7.02. The highest BCUT2D eigenvalue weighted by molar-refractivity contribution is 7.17. The molecule has 41 heavy (non-hydrogen) atoms. The molecule has 1 unspecified atom stereocenters. The van der Waals surface area contributed by atoms with Crippen molar-refractivity contribution >= 4 is 39.9 Å². The number of esters is 1. The Morgan fingerprint density at radius 2 is 1.76 bits per heavy atom. The summed E-state index contributed by atoms with van der Waals surface area (Å²) in [5.41, 5.74) is 0.989. The number of aromatic nitrogens is 2. The van der Waals surface area contributed by atoms with E-state index in [-0.39, 0.29) is 18.2 Å². The molecule has 1 fully saturated rings. The number of carbonyl (C=O) groups is 3. The van der Waals surface area contributed by atoms with Crippen molar-refractivity contribution in [3.05, 3.63) is 89.1 Å². The summed E-state index contributed by atoms with van der Waals surface area (Å²) in [6.45, 7) is 5.83. The van der Waals surface area contributed by atoms with Crippen LogP contribution in [-0.2, 0) is 19.1 Å². The maximum Gasteiger partial charge on any atom is 0.307 e. The molecule has 210 valence electrons. The summed E-state index contributed by atoms with van der Waals surface area (Å²) in [4.78, 5) is 47.6. The lowest BCUT2D eigenvalue weighted by molar-refractivity contribution is -0.157. The van der Waals surface area contributed by atoms with Gasteiger partial charge in [-0.1, -0.05) is 65.8 Å². The van der Waals surface area contributed by atoms with E-state index in [1.54, 1.807) is 31.9 Å². The van der Waals surface area contributed by atoms with E-state index in [1.165, 1.54) is 11.3 Å². The molecule has 0 bridgehead atoms. The zero-order valence-corrected chi connectivity index (χ0v) is 24.1. The molecule has 1 N–H and O–H groups in total. The normalized spacial score (nSPS) is 15.7. The molecule has 0 spiro atoms. The van der Waals surface area contributed by atoms with Crippen molar-refractivity contribution in [1.82, 2.24) is 14.3 Å². The summed E-state index contributed by atoms with van der Waals surface area (Å²) in [7, 11) is 0. The molecule has 0 aliphatic carbocycles. The van der Waals surface area contributed by atoms with Gasteiger partial charge >= 0.3 is 5.97 Å². The predicted molar refractivity (Wildman–Crippen MR) is 159 cm³/mol. The van der Waals surface area contributed by atoms with Gasteiger partial charge in [0.15, 0.2) is 10.8 Å². The Morgan fingerprint density at radius 1 is 1.05 bits per heavy atom. The largest absolute Gasteiger partial charge is 0.460 e. The molecule has 2 atom stereocenters. The molecule has 1 aliphatic rings. The fourth-order valence-electron chi connectivity index (χ4n) is 4.86. The number of nitrogens with one attached hydrogen (secondary N) is 1. The summed E-state index contributed by atoms with van der Waals surface area (Å²) in [6.07, 6.45) is 4.75. The highest BCUT2D eigenvalue weighted by Gasteiger charge is 2.39. The summed E-state index contributed by atoms with van der Waals surface area (Å²) in [5, 5.41) is 2.89. The SMILES string of the molecule is CC(C)(C)OC(=O)C[C@@H](C(=O)N1CCCC1C(=O)Nc1cn2cc(C#Cc3ccccc3)sc2n1)c1ccccc1. The van der Waals surface area contributed by atoms with E-state index in [9.17, 15) is 14.4 Å². The van der Waals surface area contributed by atoms with E-state index in [2.05, 4.69) is 22.1 Å². The minimum Gasteiger partial charge on any atom is -0.460 e. The van der Waals surface area contributed by atoms with Gasteiger partial charge in [0.1, 0.15) is 11.6 Å². The molecular formula is C32H32N4O4S. The van der Waals surface area contributed by atoms with Crippen LogP contribution in [0.4, 0.5) is 5.82 Å².